The first-order valence-corrected chi connectivity index (χ1v) is 11.3. The second-order valence-corrected chi connectivity index (χ2v) is 9.82. The van der Waals surface area contributed by atoms with Crippen LogP contribution in [0.4, 0.5) is 0 Å². The molecule has 0 amide bonds. The van der Waals surface area contributed by atoms with Gasteiger partial charge in [0.05, 0.1) is 26.5 Å². The van der Waals surface area contributed by atoms with Gasteiger partial charge >= 0.3 is 0 Å². The molecule has 2 aromatic carbocycles. The van der Waals surface area contributed by atoms with Gasteiger partial charge in [-0.3, -0.25) is 0 Å². The summed E-state index contributed by atoms with van der Waals surface area (Å²) in [4.78, 5) is 0. The molecular weight excluding hydrogens is 780 g/mol. The maximum absolute atomic E-state index is 10.0. The molecule has 0 saturated carbocycles. The molecule has 0 aliphatic heterocycles. The Hall–Kier alpha value is 0.520. The average molecular weight is 794 g/mol. The predicted octanol–water partition coefficient (Wildman–Crippen LogP) is 5.77. The van der Waals surface area contributed by atoms with Crippen LogP contribution in [0, 0.1) is 14.3 Å². The zero-order valence-electron chi connectivity index (χ0n) is 13.0. The van der Waals surface area contributed by atoms with Crippen LogP contribution in [0.3, 0.4) is 0 Å². The average Bonchev–Trinajstić information content (AvgIpc) is 2.57. The molecule has 0 aliphatic carbocycles. The minimum Gasteiger partial charge on any atom is -0.504 e. The highest BCUT2D eigenvalue weighted by Crippen LogP contribution is 2.43. The van der Waals surface area contributed by atoms with E-state index in [1.54, 1.807) is 12.1 Å². The number of phenolic OH excluding ortho intramolecular Hbond substituents is 4. The molecule has 0 aliphatic rings. The molecule has 0 fully saturated rings. The number of benzene rings is 2. The Morgan fingerprint density at radius 2 is 1.00 bits per heavy atom. The molecule has 0 bridgehead atoms. The van der Waals surface area contributed by atoms with Crippen LogP contribution in [0.2, 0.25) is 0 Å². The Morgan fingerprint density at radius 3 is 1.32 bits per heavy atom. The second kappa shape index (κ2) is 8.68. The highest BCUT2D eigenvalue weighted by Gasteiger charge is 2.23. The summed E-state index contributed by atoms with van der Waals surface area (Å²) in [6.45, 7) is 3.72. The first-order chi connectivity index (χ1) is 11.6. The zero-order chi connectivity index (χ0) is 19.0. The van der Waals surface area contributed by atoms with Crippen LogP contribution in [0.25, 0.3) is 0 Å². The molecule has 2 atom stereocenters. The highest BCUT2D eigenvalue weighted by atomic mass is 127. The van der Waals surface area contributed by atoms with Crippen molar-refractivity contribution in [1.29, 1.82) is 0 Å². The standard InChI is InChI=1S/C16H14I4O5/c1-5(7-3-9(17)13(21)15(23)11(7)19)25-6(2)8-4-10(18)14(22)16(24)12(8)20/h3-6,21-24H,1-2H3. The molecule has 9 heteroatoms. The number of hydrogen-bond donors (Lipinski definition) is 4. The van der Waals surface area contributed by atoms with Gasteiger partial charge in [-0.15, -0.1) is 0 Å². The lowest BCUT2D eigenvalue weighted by molar-refractivity contribution is 0.00463. The third kappa shape index (κ3) is 4.51. The van der Waals surface area contributed by atoms with Crippen molar-refractivity contribution in [2.45, 2.75) is 26.1 Å². The van der Waals surface area contributed by atoms with E-state index < -0.39 is 0 Å². The van der Waals surface area contributed by atoms with Crippen LogP contribution in [-0.2, 0) is 4.74 Å². The van der Waals surface area contributed by atoms with Crippen molar-refractivity contribution in [1.82, 2.24) is 0 Å². The minimum atomic E-state index is -0.355. The number of phenols is 4. The summed E-state index contributed by atoms with van der Waals surface area (Å²) in [6.07, 6.45) is -0.711. The quantitative estimate of drug-likeness (QED) is 0.234. The Kier molecular flexibility index (Phi) is 7.58. The van der Waals surface area contributed by atoms with E-state index in [0.717, 1.165) is 11.1 Å². The van der Waals surface area contributed by atoms with Gasteiger partial charge in [-0.25, -0.2) is 0 Å². The summed E-state index contributed by atoms with van der Waals surface area (Å²) in [5, 5.41) is 39.7. The molecule has 5 nitrogen and oxygen atoms in total. The molecule has 2 aromatic rings. The van der Waals surface area contributed by atoms with Crippen LogP contribution < -0.4 is 0 Å². The van der Waals surface area contributed by atoms with Crippen molar-refractivity contribution in [3.8, 4) is 23.0 Å². The fourth-order valence-corrected chi connectivity index (χ4v) is 5.17. The van der Waals surface area contributed by atoms with Gasteiger partial charge in [0.15, 0.2) is 23.0 Å². The van der Waals surface area contributed by atoms with Gasteiger partial charge in [0.25, 0.3) is 0 Å². The van der Waals surface area contributed by atoms with Crippen LogP contribution >= 0.6 is 90.4 Å². The van der Waals surface area contributed by atoms with E-state index >= 15 is 0 Å². The van der Waals surface area contributed by atoms with E-state index in [9.17, 15) is 20.4 Å². The zero-order valence-corrected chi connectivity index (χ0v) is 21.6. The van der Waals surface area contributed by atoms with Crippen molar-refractivity contribution in [3.05, 3.63) is 37.5 Å². The first-order valence-electron chi connectivity index (χ1n) is 7.01. The molecule has 0 radical (unpaired) electrons. The van der Waals surface area contributed by atoms with Gasteiger partial charge in [0, 0.05) is 0 Å². The summed E-state index contributed by atoms with van der Waals surface area (Å²) < 4.78 is 8.24. The van der Waals surface area contributed by atoms with E-state index in [-0.39, 0.29) is 35.2 Å². The molecule has 25 heavy (non-hydrogen) atoms. The molecule has 0 saturated heterocycles. The van der Waals surface area contributed by atoms with E-state index in [1.807, 2.05) is 104 Å². The van der Waals surface area contributed by atoms with Crippen LogP contribution in [0.1, 0.15) is 37.2 Å². The largest absolute Gasteiger partial charge is 0.504 e. The molecule has 2 unspecified atom stereocenters. The summed E-state index contributed by atoms with van der Waals surface area (Å²) in [5.41, 5.74) is 1.53. The third-order valence-corrected chi connectivity index (χ3v) is 7.58. The lowest BCUT2D eigenvalue weighted by Gasteiger charge is -2.23. The van der Waals surface area contributed by atoms with E-state index in [2.05, 4.69) is 0 Å². The van der Waals surface area contributed by atoms with Crippen molar-refractivity contribution in [3.63, 3.8) is 0 Å². The van der Waals surface area contributed by atoms with Crippen LogP contribution in [-0.4, -0.2) is 20.4 Å². The second-order valence-electron chi connectivity index (χ2n) is 5.34. The van der Waals surface area contributed by atoms with E-state index in [4.69, 9.17) is 4.74 Å². The number of hydrogen-bond acceptors (Lipinski definition) is 5. The molecule has 4 N–H and O–H groups in total. The molecular formula is C16H14I4O5. The van der Waals surface area contributed by atoms with Crippen LogP contribution in [0.5, 0.6) is 23.0 Å². The number of aromatic hydroxyl groups is 4. The summed E-state index contributed by atoms with van der Waals surface area (Å²) in [6, 6.07) is 3.55. The normalized spacial score (nSPS) is 13.7. The van der Waals surface area contributed by atoms with Gasteiger partial charge in [-0.2, -0.15) is 0 Å². The predicted molar refractivity (Wildman–Crippen MR) is 128 cm³/mol. The third-order valence-electron chi connectivity index (χ3n) is 3.67. The first kappa shape index (κ1) is 21.8. The smallest absolute Gasteiger partial charge is 0.172 e. The molecule has 136 valence electrons. The Morgan fingerprint density at radius 1 is 0.680 bits per heavy atom. The van der Waals surface area contributed by atoms with Crippen molar-refractivity contribution < 1.29 is 25.2 Å². The Labute approximate surface area is 199 Å². The van der Waals surface area contributed by atoms with Gasteiger partial charge in [-0.05, 0) is 127 Å². The monoisotopic (exact) mass is 794 g/mol. The van der Waals surface area contributed by atoms with Gasteiger partial charge in [0.2, 0.25) is 0 Å². The number of halogens is 4. The fraction of sp³-hybridized carbons (Fsp3) is 0.250. The van der Waals surface area contributed by atoms with Crippen molar-refractivity contribution in [2.75, 3.05) is 0 Å². The fourth-order valence-electron chi connectivity index (χ4n) is 2.29. The molecule has 0 aromatic heterocycles. The Balaban J connectivity index is 2.35. The topological polar surface area (TPSA) is 90.2 Å². The van der Waals surface area contributed by atoms with Gasteiger partial charge in [0.1, 0.15) is 0 Å². The van der Waals surface area contributed by atoms with E-state index in [0.29, 0.717) is 14.3 Å². The lowest BCUT2D eigenvalue weighted by Crippen LogP contribution is -2.09. The minimum absolute atomic E-state index is 0.137. The van der Waals surface area contributed by atoms with E-state index in [1.165, 1.54) is 0 Å². The lowest BCUT2D eigenvalue weighted by atomic mass is 10.1. The SMILES string of the molecule is CC(OC(C)c1cc(I)c(O)c(O)c1I)c1cc(I)c(O)c(O)c1I. The number of rotatable bonds is 4. The van der Waals surface area contributed by atoms with Crippen LogP contribution in [0.15, 0.2) is 12.1 Å². The van der Waals surface area contributed by atoms with Gasteiger partial charge < -0.3 is 25.2 Å². The maximum atomic E-state index is 10.0. The highest BCUT2D eigenvalue weighted by molar-refractivity contribution is 14.1. The maximum Gasteiger partial charge on any atom is 0.172 e. The molecule has 2 rings (SSSR count). The summed E-state index contributed by atoms with van der Waals surface area (Å²) in [5.74, 6) is -0.586. The molecule has 0 spiro atoms. The van der Waals surface area contributed by atoms with Gasteiger partial charge in [-0.1, -0.05) is 0 Å². The Bertz CT molecular complexity index is 758. The molecule has 0 heterocycles. The van der Waals surface area contributed by atoms with Crippen molar-refractivity contribution in [2.24, 2.45) is 0 Å². The summed E-state index contributed by atoms with van der Waals surface area (Å²) >= 11 is 7.87. The number of ether oxygens (including phenoxy) is 1. The summed E-state index contributed by atoms with van der Waals surface area (Å²) in [7, 11) is 0. The van der Waals surface area contributed by atoms with Crippen molar-refractivity contribution >= 4 is 90.4 Å².